The van der Waals surface area contributed by atoms with Crippen LogP contribution in [-0.4, -0.2) is 37.7 Å². The number of hydrogen-bond donors (Lipinski definition) is 2. The highest BCUT2D eigenvalue weighted by molar-refractivity contribution is 6.04. The maximum Gasteiger partial charge on any atom is 0.262 e. The second-order valence-electron chi connectivity index (χ2n) is 8.49. The van der Waals surface area contributed by atoms with Crippen LogP contribution in [0.15, 0.2) is 48.5 Å². The Balaban J connectivity index is 1.54. The zero-order chi connectivity index (χ0) is 22.3. The highest BCUT2D eigenvalue weighted by Gasteiger charge is 2.19. The summed E-state index contributed by atoms with van der Waals surface area (Å²) in [5, 5.41) is 5.67. The van der Waals surface area contributed by atoms with E-state index >= 15 is 0 Å². The molecule has 6 heteroatoms. The van der Waals surface area contributed by atoms with Gasteiger partial charge in [0, 0.05) is 13.2 Å². The molecule has 0 bridgehead atoms. The van der Waals surface area contributed by atoms with Gasteiger partial charge in [-0.05, 0) is 54.5 Å². The fourth-order valence-electron chi connectivity index (χ4n) is 3.44. The first kappa shape index (κ1) is 22.8. The second-order valence-corrected chi connectivity index (χ2v) is 8.49. The van der Waals surface area contributed by atoms with Crippen molar-refractivity contribution in [2.45, 2.75) is 51.6 Å². The van der Waals surface area contributed by atoms with Crippen LogP contribution in [0.1, 0.15) is 56.0 Å². The van der Waals surface area contributed by atoms with Gasteiger partial charge >= 0.3 is 0 Å². The number of benzene rings is 2. The molecule has 0 radical (unpaired) electrons. The van der Waals surface area contributed by atoms with Crippen LogP contribution in [0.3, 0.4) is 0 Å². The third-order valence-corrected chi connectivity index (χ3v) is 5.85. The lowest BCUT2D eigenvalue weighted by atomic mass is 9.82. The first-order valence-electron chi connectivity index (χ1n) is 10.9. The summed E-state index contributed by atoms with van der Waals surface area (Å²) in [6.45, 7) is 7.63. The number of ether oxygens (including phenoxy) is 2. The molecule has 2 aromatic rings. The van der Waals surface area contributed by atoms with E-state index in [4.69, 9.17) is 9.47 Å². The molecule has 2 amide bonds. The number of para-hydroxylation sites is 1. The van der Waals surface area contributed by atoms with Gasteiger partial charge in [-0.15, -0.1) is 0 Å². The van der Waals surface area contributed by atoms with Crippen LogP contribution in [0.2, 0.25) is 0 Å². The Morgan fingerprint density at radius 1 is 1.13 bits per heavy atom. The Morgan fingerprint density at radius 2 is 1.87 bits per heavy atom. The number of amides is 2. The molecular formula is C25H32N2O4. The lowest BCUT2D eigenvalue weighted by Gasteiger charge is -2.23. The molecule has 2 aromatic carbocycles. The molecule has 1 aliphatic rings. The van der Waals surface area contributed by atoms with Crippen molar-refractivity contribution >= 4 is 17.5 Å². The lowest BCUT2D eigenvalue weighted by molar-refractivity contribution is -0.118. The average Bonchev–Trinajstić information content (AvgIpc) is 3.30. The van der Waals surface area contributed by atoms with E-state index in [0.29, 0.717) is 23.5 Å². The van der Waals surface area contributed by atoms with Crippen molar-refractivity contribution in [1.29, 1.82) is 0 Å². The summed E-state index contributed by atoms with van der Waals surface area (Å²) < 4.78 is 11.2. The third-order valence-electron chi connectivity index (χ3n) is 5.85. The van der Waals surface area contributed by atoms with E-state index in [1.54, 1.807) is 24.3 Å². The molecule has 1 atom stereocenters. The van der Waals surface area contributed by atoms with Crippen LogP contribution in [0.5, 0.6) is 5.75 Å². The summed E-state index contributed by atoms with van der Waals surface area (Å²) in [5.74, 6) is 0.0761. The number of nitrogens with one attached hydrogen (secondary N) is 2. The molecule has 1 heterocycles. The van der Waals surface area contributed by atoms with Gasteiger partial charge in [0.2, 0.25) is 0 Å². The normalized spacial score (nSPS) is 16.0. The van der Waals surface area contributed by atoms with Gasteiger partial charge in [-0.1, -0.05) is 45.0 Å². The highest BCUT2D eigenvalue weighted by atomic mass is 16.5. The van der Waals surface area contributed by atoms with Crippen LogP contribution in [0.25, 0.3) is 0 Å². The van der Waals surface area contributed by atoms with E-state index in [9.17, 15) is 9.59 Å². The van der Waals surface area contributed by atoms with Crippen molar-refractivity contribution < 1.29 is 19.1 Å². The van der Waals surface area contributed by atoms with Crippen molar-refractivity contribution in [3.63, 3.8) is 0 Å². The summed E-state index contributed by atoms with van der Waals surface area (Å²) in [6.07, 6.45) is 3.07. The summed E-state index contributed by atoms with van der Waals surface area (Å²) >= 11 is 0. The predicted molar refractivity (Wildman–Crippen MR) is 122 cm³/mol. The van der Waals surface area contributed by atoms with Gasteiger partial charge < -0.3 is 20.1 Å². The van der Waals surface area contributed by atoms with Gasteiger partial charge in [0.1, 0.15) is 5.75 Å². The predicted octanol–water partition coefficient (Wildman–Crippen LogP) is 4.30. The molecule has 0 spiro atoms. The topological polar surface area (TPSA) is 76.7 Å². The zero-order valence-corrected chi connectivity index (χ0v) is 18.6. The largest absolute Gasteiger partial charge is 0.484 e. The lowest BCUT2D eigenvalue weighted by Crippen LogP contribution is -2.32. The molecule has 1 fully saturated rings. The Morgan fingerprint density at radius 3 is 2.55 bits per heavy atom. The molecule has 1 aliphatic heterocycles. The van der Waals surface area contributed by atoms with Crippen molar-refractivity contribution in [2.75, 3.05) is 25.1 Å². The fourth-order valence-corrected chi connectivity index (χ4v) is 3.44. The Labute approximate surface area is 184 Å². The number of rotatable bonds is 9. The van der Waals surface area contributed by atoms with Gasteiger partial charge in [0.15, 0.2) is 6.61 Å². The number of anilines is 1. The van der Waals surface area contributed by atoms with Gasteiger partial charge in [0.25, 0.3) is 11.8 Å². The SMILES string of the molecule is CCC(C)(C)c1ccc(OCC(=O)Nc2ccccc2C(=O)NCC2CCCO2)cc1. The minimum atomic E-state index is -0.322. The zero-order valence-electron chi connectivity index (χ0n) is 18.6. The van der Waals surface area contributed by atoms with Crippen molar-refractivity contribution in [3.05, 3.63) is 59.7 Å². The van der Waals surface area contributed by atoms with Gasteiger partial charge in [-0.25, -0.2) is 0 Å². The van der Waals surface area contributed by atoms with Gasteiger partial charge in [0.05, 0.1) is 17.4 Å². The van der Waals surface area contributed by atoms with Gasteiger partial charge in [-0.2, -0.15) is 0 Å². The second kappa shape index (κ2) is 10.4. The molecule has 3 rings (SSSR count). The van der Waals surface area contributed by atoms with Crippen LogP contribution >= 0.6 is 0 Å². The van der Waals surface area contributed by atoms with Crippen molar-refractivity contribution in [2.24, 2.45) is 0 Å². The maximum absolute atomic E-state index is 12.6. The Bertz CT molecular complexity index is 887. The molecule has 166 valence electrons. The molecule has 0 aliphatic carbocycles. The van der Waals surface area contributed by atoms with E-state index in [1.807, 2.05) is 24.3 Å². The number of hydrogen-bond acceptors (Lipinski definition) is 4. The van der Waals surface area contributed by atoms with Crippen LogP contribution < -0.4 is 15.4 Å². The summed E-state index contributed by atoms with van der Waals surface area (Å²) in [4.78, 5) is 25.0. The Kier molecular flexibility index (Phi) is 7.69. The molecule has 31 heavy (non-hydrogen) atoms. The highest BCUT2D eigenvalue weighted by Crippen LogP contribution is 2.28. The maximum atomic E-state index is 12.6. The van der Waals surface area contributed by atoms with Gasteiger partial charge in [-0.3, -0.25) is 9.59 Å². The minimum absolute atomic E-state index is 0.0633. The van der Waals surface area contributed by atoms with E-state index in [-0.39, 0.29) is 29.9 Å². The van der Waals surface area contributed by atoms with E-state index in [2.05, 4.69) is 31.4 Å². The number of carbonyl (C=O) groups excluding carboxylic acids is 2. The first-order chi connectivity index (χ1) is 14.9. The van der Waals surface area contributed by atoms with E-state index in [0.717, 1.165) is 25.9 Å². The summed E-state index contributed by atoms with van der Waals surface area (Å²) in [6, 6.07) is 14.8. The molecule has 1 saturated heterocycles. The summed E-state index contributed by atoms with van der Waals surface area (Å²) in [7, 11) is 0. The third kappa shape index (κ3) is 6.31. The van der Waals surface area contributed by atoms with E-state index < -0.39 is 0 Å². The molecule has 1 unspecified atom stereocenters. The molecule has 6 nitrogen and oxygen atoms in total. The van der Waals surface area contributed by atoms with Crippen LogP contribution in [0, 0.1) is 0 Å². The van der Waals surface area contributed by atoms with Crippen molar-refractivity contribution in [1.82, 2.24) is 5.32 Å². The van der Waals surface area contributed by atoms with E-state index in [1.165, 1.54) is 5.56 Å². The molecule has 2 N–H and O–H groups in total. The van der Waals surface area contributed by atoms with Crippen LogP contribution in [-0.2, 0) is 14.9 Å². The summed E-state index contributed by atoms with van der Waals surface area (Å²) in [5.41, 5.74) is 2.21. The Hall–Kier alpha value is -2.86. The van der Waals surface area contributed by atoms with Crippen LogP contribution in [0.4, 0.5) is 5.69 Å². The molecule has 0 saturated carbocycles. The quantitative estimate of drug-likeness (QED) is 0.629. The number of carbonyl (C=O) groups is 2. The molecule has 0 aromatic heterocycles. The van der Waals surface area contributed by atoms with Crippen molar-refractivity contribution in [3.8, 4) is 5.75 Å². The minimum Gasteiger partial charge on any atom is -0.484 e. The fraction of sp³-hybridized carbons (Fsp3) is 0.440. The smallest absolute Gasteiger partial charge is 0.262 e. The monoisotopic (exact) mass is 424 g/mol. The standard InChI is InChI=1S/C25H32N2O4/c1-4-25(2,3)18-11-13-19(14-12-18)31-17-23(28)27-22-10-6-5-9-21(22)24(29)26-16-20-8-7-15-30-20/h5-6,9-14,20H,4,7-8,15-17H2,1-3H3,(H,26,29)(H,27,28). The first-order valence-corrected chi connectivity index (χ1v) is 10.9. The average molecular weight is 425 g/mol. The molecular weight excluding hydrogens is 392 g/mol.